The Bertz CT molecular complexity index is 693. The Kier molecular flexibility index (Phi) is 4.72. The Hall–Kier alpha value is -2.20. The summed E-state index contributed by atoms with van der Waals surface area (Å²) in [6.45, 7) is 1.17. The van der Waals surface area contributed by atoms with Gasteiger partial charge in [-0.15, -0.1) is 0 Å². The standard InChI is InChI=1S/C18H17ClN2O2/c19-15-6-4-13(5-7-15)17(22)14-8-11-21(12-9-14)18(23)16-3-1-2-10-20-16/h1-7,10,14H,8-9,11-12H2. The fourth-order valence-corrected chi connectivity index (χ4v) is 2.97. The lowest BCUT2D eigenvalue weighted by Crippen LogP contribution is -2.40. The number of hydrogen-bond donors (Lipinski definition) is 0. The van der Waals surface area contributed by atoms with Crippen LogP contribution in [0.4, 0.5) is 0 Å². The van der Waals surface area contributed by atoms with Crippen molar-refractivity contribution in [2.45, 2.75) is 12.8 Å². The molecule has 23 heavy (non-hydrogen) atoms. The highest BCUT2D eigenvalue weighted by molar-refractivity contribution is 6.30. The third kappa shape index (κ3) is 3.59. The molecule has 0 radical (unpaired) electrons. The van der Waals surface area contributed by atoms with Gasteiger partial charge in [0.1, 0.15) is 5.69 Å². The van der Waals surface area contributed by atoms with Crippen molar-refractivity contribution in [3.8, 4) is 0 Å². The minimum absolute atomic E-state index is 0.0380. The number of nitrogens with zero attached hydrogens (tertiary/aromatic N) is 2. The molecule has 2 aromatic rings. The zero-order valence-electron chi connectivity index (χ0n) is 12.6. The average molecular weight is 329 g/mol. The molecule has 1 saturated heterocycles. The van der Waals surface area contributed by atoms with Crippen LogP contribution in [-0.2, 0) is 0 Å². The third-order valence-electron chi connectivity index (χ3n) is 4.17. The van der Waals surface area contributed by atoms with Crippen molar-refractivity contribution >= 4 is 23.3 Å². The monoisotopic (exact) mass is 328 g/mol. The van der Waals surface area contributed by atoms with E-state index in [0.717, 1.165) is 0 Å². The van der Waals surface area contributed by atoms with E-state index in [1.165, 1.54) is 0 Å². The molecule has 0 aliphatic carbocycles. The number of halogens is 1. The first kappa shape index (κ1) is 15.7. The highest BCUT2D eigenvalue weighted by Crippen LogP contribution is 2.23. The maximum atomic E-state index is 12.5. The van der Waals surface area contributed by atoms with E-state index < -0.39 is 0 Å². The normalized spacial score (nSPS) is 15.4. The fraction of sp³-hybridized carbons (Fsp3) is 0.278. The summed E-state index contributed by atoms with van der Waals surface area (Å²) in [6.07, 6.45) is 2.98. The number of ketones is 1. The molecule has 1 fully saturated rings. The van der Waals surface area contributed by atoms with E-state index in [1.54, 1.807) is 53.6 Å². The number of likely N-dealkylation sites (tertiary alicyclic amines) is 1. The summed E-state index contributed by atoms with van der Waals surface area (Å²) in [7, 11) is 0. The van der Waals surface area contributed by atoms with Crippen molar-refractivity contribution in [2.75, 3.05) is 13.1 Å². The van der Waals surface area contributed by atoms with Crippen LogP contribution in [0.25, 0.3) is 0 Å². The van der Waals surface area contributed by atoms with Crippen LogP contribution in [0.2, 0.25) is 5.02 Å². The van der Waals surface area contributed by atoms with Crippen LogP contribution in [0.3, 0.4) is 0 Å². The zero-order valence-corrected chi connectivity index (χ0v) is 13.4. The van der Waals surface area contributed by atoms with Gasteiger partial charge in [0, 0.05) is 35.8 Å². The molecule has 0 bridgehead atoms. The lowest BCUT2D eigenvalue weighted by molar-refractivity contribution is 0.0645. The Labute approximate surface area is 140 Å². The predicted octanol–water partition coefficient (Wildman–Crippen LogP) is 3.47. The minimum Gasteiger partial charge on any atom is -0.337 e. The van der Waals surface area contributed by atoms with Crippen LogP contribution in [0, 0.1) is 5.92 Å². The molecule has 1 aliphatic heterocycles. The summed E-state index contributed by atoms with van der Waals surface area (Å²) >= 11 is 5.85. The van der Waals surface area contributed by atoms with E-state index >= 15 is 0 Å². The van der Waals surface area contributed by atoms with E-state index in [2.05, 4.69) is 4.98 Å². The number of piperidine rings is 1. The topological polar surface area (TPSA) is 50.3 Å². The molecule has 3 rings (SSSR count). The molecule has 2 heterocycles. The van der Waals surface area contributed by atoms with E-state index in [4.69, 9.17) is 11.6 Å². The molecule has 0 spiro atoms. The molecule has 1 amide bonds. The molecule has 118 valence electrons. The first-order valence-corrected chi connectivity index (χ1v) is 8.03. The first-order chi connectivity index (χ1) is 11.1. The van der Waals surface area contributed by atoms with Crippen LogP contribution < -0.4 is 0 Å². The number of hydrogen-bond acceptors (Lipinski definition) is 3. The molecule has 1 aliphatic rings. The quantitative estimate of drug-likeness (QED) is 0.811. The summed E-state index contributed by atoms with van der Waals surface area (Å²) in [5.41, 5.74) is 1.14. The van der Waals surface area contributed by atoms with Gasteiger partial charge in [-0.05, 0) is 49.2 Å². The number of carbonyl (C=O) groups excluding carboxylic acids is 2. The van der Waals surface area contributed by atoms with Crippen molar-refractivity contribution in [3.63, 3.8) is 0 Å². The van der Waals surface area contributed by atoms with E-state index in [1.807, 2.05) is 0 Å². The first-order valence-electron chi connectivity index (χ1n) is 7.65. The number of carbonyl (C=O) groups is 2. The maximum absolute atomic E-state index is 12.5. The van der Waals surface area contributed by atoms with Gasteiger partial charge in [0.05, 0.1) is 0 Å². The van der Waals surface area contributed by atoms with E-state index in [0.29, 0.717) is 42.2 Å². The highest BCUT2D eigenvalue weighted by Gasteiger charge is 2.28. The summed E-state index contributed by atoms with van der Waals surface area (Å²) in [5.74, 6) is 0.0264. The molecule has 0 unspecified atom stereocenters. The third-order valence-corrected chi connectivity index (χ3v) is 4.42. The minimum atomic E-state index is -0.0667. The van der Waals surface area contributed by atoms with Gasteiger partial charge in [-0.2, -0.15) is 0 Å². The maximum Gasteiger partial charge on any atom is 0.272 e. The lowest BCUT2D eigenvalue weighted by atomic mass is 9.89. The van der Waals surface area contributed by atoms with Gasteiger partial charge < -0.3 is 4.90 Å². The van der Waals surface area contributed by atoms with Gasteiger partial charge in [-0.3, -0.25) is 14.6 Å². The Balaban J connectivity index is 1.61. The second-order valence-corrected chi connectivity index (χ2v) is 6.09. The van der Waals surface area contributed by atoms with Crippen LogP contribution >= 0.6 is 11.6 Å². The smallest absolute Gasteiger partial charge is 0.272 e. The number of Topliss-reactive ketones (excluding diaryl/α,β-unsaturated/α-hetero) is 1. The summed E-state index contributed by atoms with van der Waals surface area (Å²) in [5, 5.41) is 0.623. The van der Waals surface area contributed by atoms with Crippen LogP contribution in [0.1, 0.15) is 33.7 Å². The van der Waals surface area contributed by atoms with E-state index in [-0.39, 0.29) is 17.6 Å². The molecule has 4 nitrogen and oxygen atoms in total. The lowest BCUT2D eigenvalue weighted by Gasteiger charge is -2.31. The Morgan fingerprint density at radius 1 is 1.04 bits per heavy atom. The average Bonchev–Trinajstić information content (AvgIpc) is 2.62. The van der Waals surface area contributed by atoms with Gasteiger partial charge >= 0.3 is 0 Å². The van der Waals surface area contributed by atoms with Crippen molar-refractivity contribution in [2.24, 2.45) is 5.92 Å². The molecular formula is C18H17ClN2O2. The number of rotatable bonds is 3. The Morgan fingerprint density at radius 3 is 2.35 bits per heavy atom. The van der Waals surface area contributed by atoms with Gasteiger partial charge in [0.2, 0.25) is 0 Å². The summed E-state index contributed by atoms with van der Waals surface area (Å²) in [6, 6.07) is 12.3. The van der Waals surface area contributed by atoms with Crippen molar-refractivity contribution in [1.29, 1.82) is 0 Å². The molecule has 5 heteroatoms. The zero-order chi connectivity index (χ0) is 16.2. The predicted molar refractivity (Wildman–Crippen MR) is 88.6 cm³/mol. The second kappa shape index (κ2) is 6.92. The van der Waals surface area contributed by atoms with Crippen LogP contribution in [0.15, 0.2) is 48.7 Å². The van der Waals surface area contributed by atoms with E-state index in [9.17, 15) is 9.59 Å². The molecule has 1 aromatic heterocycles. The molecule has 0 atom stereocenters. The van der Waals surface area contributed by atoms with Crippen molar-refractivity contribution < 1.29 is 9.59 Å². The van der Waals surface area contributed by atoms with Gasteiger partial charge in [-0.25, -0.2) is 0 Å². The largest absolute Gasteiger partial charge is 0.337 e. The fourth-order valence-electron chi connectivity index (χ4n) is 2.85. The molecular weight excluding hydrogens is 312 g/mol. The van der Waals surface area contributed by atoms with Gasteiger partial charge in [0.15, 0.2) is 5.78 Å². The molecule has 0 saturated carbocycles. The molecule has 0 N–H and O–H groups in total. The van der Waals surface area contributed by atoms with Crippen molar-refractivity contribution in [1.82, 2.24) is 9.88 Å². The summed E-state index contributed by atoms with van der Waals surface area (Å²) < 4.78 is 0. The summed E-state index contributed by atoms with van der Waals surface area (Å²) in [4.78, 5) is 30.7. The van der Waals surface area contributed by atoms with Crippen LogP contribution in [0.5, 0.6) is 0 Å². The number of amides is 1. The number of benzene rings is 1. The van der Waals surface area contributed by atoms with Gasteiger partial charge in [-0.1, -0.05) is 17.7 Å². The van der Waals surface area contributed by atoms with Crippen molar-refractivity contribution in [3.05, 3.63) is 64.9 Å². The Morgan fingerprint density at radius 2 is 1.74 bits per heavy atom. The second-order valence-electron chi connectivity index (χ2n) is 5.65. The molecule has 1 aromatic carbocycles. The highest BCUT2D eigenvalue weighted by atomic mass is 35.5. The van der Waals surface area contributed by atoms with Crippen LogP contribution in [-0.4, -0.2) is 34.7 Å². The SMILES string of the molecule is O=C(c1ccc(Cl)cc1)C1CCN(C(=O)c2ccccn2)CC1. The van der Waals surface area contributed by atoms with Gasteiger partial charge in [0.25, 0.3) is 5.91 Å². The number of pyridine rings is 1. The number of aromatic nitrogens is 1.